The topological polar surface area (TPSA) is 26.0 Å². The smallest absolute Gasteiger partial charge is 0.00417 e. The first-order valence-corrected chi connectivity index (χ1v) is 7.67. The van der Waals surface area contributed by atoms with Crippen molar-refractivity contribution in [3.05, 3.63) is 12.7 Å². The molecule has 0 aromatic heterocycles. The number of hydrogen-bond acceptors (Lipinski definition) is 1. The highest BCUT2D eigenvalue weighted by atomic mass is 14.6. The van der Waals surface area contributed by atoms with Crippen LogP contribution in [0.15, 0.2) is 12.7 Å². The Morgan fingerprint density at radius 1 is 0.882 bits per heavy atom. The van der Waals surface area contributed by atoms with E-state index in [1.165, 1.54) is 64.2 Å². The van der Waals surface area contributed by atoms with Crippen molar-refractivity contribution in [1.29, 1.82) is 0 Å². The van der Waals surface area contributed by atoms with Gasteiger partial charge in [0.05, 0.1) is 0 Å². The molecule has 0 spiro atoms. The van der Waals surface area contributed by atoms with E-state index in [0.29, 0.717) is 6.04 Å². The fraction of sp³-hybridized carbons (Fsp3) is 0.875. The van der Waals surface area contributed by atoms with E-state index in [1.807, 2.05) is 6.08 Å². The molecule has 0 saturated heterocycles. The molecule has 0 heterocycles. The minimum Gasteiger partial charge on any atom is -0.328 e. The second kappa shape index (κ2) is 13.8. The van der Waals surface area contributed by atoms with Gasteiger partial charge in [-0.15, -0.1) is 6.58 Å². The minimum absolute atomic E-state index is 0.401. The Kier molecular flexibility index (Phi) is 13.5. The van der Waals surface area contributed by atoms with Gasteiger partial charge in [-0.1, -0.05) is 70.8 Å². The molecule has 0 rings (SSSR count). The molecule has 0 aliphatic rings. The Morgan fingerprint density at radius 3 is 1.94 bits per heavy atom. The van der Waals surface area contributed by atoms with Gasteiger partial charge in [-0.05, 0) is 19.3 Å². The van der Waals surface area contributed by atoms with Crippen LogP contribution in [0.4, 0.5) is 0 Å². The largest absolute Gasteiger partial charge is 0.328 e. The molecule has 0 aliphatic carbocycles. The molecule has 0 fully saturated rings. The van der Waals surface area contributed by atoms with Crippen LogP contribution >= 0.6 is 0 Å². The lowest BCUT2D eigenvalue weighted by atomic mass is 10.0. The zero-order valence-electron chi connectivity index (χ0n) is 11.9. The molecular weight excluding hydrogens is 206 g/mol. The maximum atomic E-state index is 6.01. The second-order valence-corrected chi connectivity index (χ2v) is 5.24. The third-order valence-corrected chi connectivity index (χ3v) is 3.42. The monoisotopic (exact) mass is 239 g/mol. The molecule has 0 radical (unpaired) electrons. The van der Waals surface area contributed by atoms with Gasteiger partial charge in [-0.2, -0.15) is 0 Å². The van der Waals surface area contributed by atoms with E-state index in [-0.39, 0.29) is 0 Å². The fourth-order valence-corrected chi connectivity index (χ4v) is 2.19. The molecule has 17 heavy (non-hydrogen) atoms. The van der Waals surface area contributed by atoms with Crippen molar-refractivity contribution in [3.8, 4) is 0 Å². The SMILES string of the molecule is C=CCCC(N)CCCCCCCCCCC. The number of allylic oxidation sites excluding steroid dienone is 1. The van der Waals surface area contributed by atoms with Gasteiger partial charge in [0.2, 0.25) is 0 Å². The van der Waals surface area contributed by atoms with Crippen molar-refractivity contribution in [2.75, 3.05) is 0 Å². The number of rotatable bonds is 13. The van der Waals surface area contributed by atoms with Crippen molar-refractivity contribution in [2.24, 2.45) is 5.73 Å². The van der Waals surface area contributed by atoms with Crippen molar-refractivity contribution in [1.82, 2.24) is 0 Å². The van der Waals surface area contributed by atoms with Crippen LogP contribution in [0.5, 0.6) is 0 Å². The molecule has 1 unspecified atom stereocenters. The average molecular weight is 239 g/mol. The molecule has 1 heteroatoms. The number of nitrogens with two attached hydrogens (primary N) is 1. The van der Waals surface area contributed by atoms with Gasteiger partial charge in [0.1, 0.15) is 0 Å². The van der Waals surface area contributed by atoms with E-state index in [9.17, 15) is 0 Å². The highest BCUT2D eigenvalue weighted by Crippen LogP contribution is 2.12. The Labute approximate surface area is 109 Å². The number of unbranched alkanes of at least 4 members (excludes halogenated alkanes) is 8. The predicted molar refractivity (Wildman–Crippen MR) is 79.3 cm³/mol. The lowest BCUT2D eigenvalue weighted by Crippen LogP contribution is -2.19. The standard InChI is InChI=1S/C16H33N/c1-3-5-7-8-9-10-11-12-13-15-16(17)14-6-4-2/h4,16H,2-3,5-15,17H2,1H3. The zero-order chi connectivity index (χ0) is 12.8. The number of hydrogen-bond donors (Lipinski definition) is 1. The molecule has 0 aromatic rings. The molecule has 2 N–H and O–H groups in total. The first-order chi connectivity index (χ1) is 8.31. The van der Waals surface area contributed by atoms with Crippen molar-refractivity contribution < 1.29 is 0 Å². The molecule has 0 aromatic carbocycles. The first-order valence-electron chi connectivity index (χ1n) is 7.67. The molecule has 0 bridgehead atoms. The van der Waals surface area contributed by atoms with Crippen LogP contribution in [0.1, 0.15) is 84.0 Å². The minimum atomic E-state index is 0.401. The summed E-state index contributed by atoms with van der Waals surface area (Å²) in [6, 6.07) is 0.401. The van der Waals surface area contributed by atoms with E-state index >= 15 is 0 Å². The van der Waals surface area contributed by atoms with Crippen LogP contribution in [-0.2, 0) is 0 Å². The lowest BCUT2D eigenvalue weighted by molar-refractivity contribution is 0.508. The Hall–Kier alpha value is -0.300. The summed E-state index contributed by atoms with van der Waals surface area (Å²) in [6.07, 6.45) is 17.9. The summed E-state index contributed by atoms with van der Waals surface area (Å²) in [5.41, 5.74) is 6.01. The van der Waals surface area contributed by atoms with E-state index in [0.717, 1.165) is 12.8 Å². The average Bonchev–Trinajstić information content (AvgIpc) is 2.34. The maximum Gasteiger partial charge on any atom is 0.00417 e. The Balaban J connectivity index is 3.04. The van der Waals surface area contributed by atoms with Gasteiger partial charge < -0.3 is 5.73 Å². The summed E-state index contributed by atoms with van der Waals surface area (Å²) in [4.78, 5) is 0. The second-order valence-electron chi connectivity index (χ2n) is 5.24. The lowest BCUT2D eigenvalue weighted by Gasteiger charge is -2.09. The summed E-state index contributed by atoms with van der Waals surface area (Å²) in [6.45, 7) is 6.00. The summed E-state index contributed by atoms with van der Waals surface area (Å²) in [5, 5.41) is 0. The van der Waals surface area contributed by atoms with Crippen LogP contribution in [-0.4, -0.2) is 6.04 Å². The molecule has 0 saturated carbocycles. The van der Waals surface area contributed by atoms with Crippen LogP contribution in [0.3, 0.4) is 0 Å². The summed E-state index contributed by atoms with van der Waals surface area (Å²) < 4.78 is 0. The van der Waals surface area contributed by atoms with Gasteiger partial charge in [0, 0.05) is 6.04 Å². The van der Waals surface area contributed by atoms with Crippen LogP contribution in [0, 0.1) is 0 Å². The van der Waals surface area contributed by atoms with E-state index in [1.54, 1.807) is 0 Å². The molecule has 1 atom stereocenters. The highest BCUT2D eigenvalue weighted by molar-refractivity contribution is 4.71. The van der Waals surface area contributed by atoms with E-state index in [2.05, 4.69) is 13.5 Å². The zero-order valence-corrected chi connectivity index (χ0v) is 11.9. The van der Waals surface area contributed by atoms with Crippen molar-refractivity contribution >= 4 is 0 Å². The first kappa shape index (κ1) is 16.7. The molecule has 102 valence electrons. The van der Waals surface area contributed by atoms with Gasteiger partial charge in [0.25, 0.3) is 0 Å². The molecule has 0 amide bonds. The van der Waals surface area contributed by atoms with Crippen LogP contribution in [0.25, 0.3) is 0 Å². The van der Waals surface area contributed by atoms with E-state index < -0.39 is 0 Å². The third-order valence-electron chi connectivity index (χ3n) is 3.42. The van der Waals surface area contributed by atoms with Crippen molar-refractivity contribution in [3.63, 3.8) is 0 Å². The predicted octanol–water partition coefficient (Wildman–Crippen LogP) is 5.20. The fourth-order valence-electron chi connectivity index (χ4n) is 2.19. The van der Waals surface area contributed by atoms with Crippen LogP contribution in [0.2, 0.25) is 0 Å². The van der Waals surface area contributed by atoms with Gasteiger partial charge in [-0.3, -0.25) is 0 Å². The highest BCUT2D eigenvalue weighted by Gasteiger charge is 2.00. The van der Waals surface area contributed by atoms with Gasteiger partial charge >= 0.3 is 0 Å². The third kappa shape index (κ3) is 13.6. The van der Waals surface area contributed by atoms with Gasteiger partial charge in [-0.25, -0.2) is 0 Å². The normalized spacial score (nSPS) is 12.6. The van der Waals surface area contributed by atoms with Crippen LogP contribution < -0.4 is 5.73 Å². The summed E-state index contributed by atoms with van der Waals surface area (Å²) in [7, 11) is 0. The van der Waals surface area contributed by atoms with Crippen molar-refractivity contribution in [2.45, 2.75) is 90.0 Å². The Morgan fingerprint density at radius 2 is 1.41 bits per heavy atom. The maximum absolute atomic E-state index is 6.01. The summed E-state index contributed by atoms with van der Waals surface area (Å²) >= 11 is 0. The summed E-state index contributed by atoms with van der Waals surface area (Å²) in [5.74, 6) is 0. The van der Waals surface area contributed by atoms with Gasteiger partial charge in [0.15, 0.2) is 0 Å². The molecular formula is C16H33N. The molecule has 0 aliphatic heterocycles. The van der Waals surface area contributed by atoms with E-state index in [4.69, 9.17) is 5.73 Å². The molecule has 1 nitrogen and oxygen atoms in total. The Bertz CT molecular complexity index is 154. The quantitative estimate of drug-likeness (QED) is 0.347.